The van der Waals surface area contributed by atoms with E-state index in [2.05, 4.69) is 32.8 Å². The molecule has 0 bridgehead atoms. The number of aryl methyl sites for hydroxylation is 1. The van der Waals surface area contributed by atoms with Gasteiger partial charge in [0.05, 0.1) is 6.20 Å². The molecule has 1 aliphatic heterocycles. The molecule has 0 aliphatic carbocycles. The molecular weight excluding hydrogens is 350 g/mol. The maximum Gasteiger partial charge on any atom is 0.256 e. The fourth-order valence-electron chi connectivity index (χ4n) is 3.58. The van der Waals surface area contributed by atoms with Crippen LogP contribution in [-0.2, 0) is 20.1 Å². The number of carbonyl (C=O) groups is 1. The van der Waals surface area contributed by atoms with E-state index in [1.54, 1.807) is 10.9 Å². The Morgan fingerprint density at radius 3 is 2.75 bits per heavy atom. The first-order chi connectivity index (χ1) is 13.7. The third-order valence-electron chi connectivity index (χ3n) is 5.10. The van der Waals surface area contributed by atoms with Crippen LogP contribution >= 0.6 is 0 Å². The van der Waals surface area contributed by atoms with Crippen molar-refractivity contribution in [2.45, 2.75) is 13.1 Å². The van der Waals surface area contributed by atoms with Crippen LogP contribution in [0.3, 0.4) is 0 Å². The van der Waals surface area contributed by atoms with Crippen molar-refractivity contribution in [1.82, 2.24) is 20.1 Å². The molecule has 1 amide bonds. The summed E-state index contributed by atoms with van der Waals surface area (Å²) in [7, 11) is 1.90. The van der Waals surface area contributed by atoms with Crippen molar-refractivity contribution < 1.29 is 4.79 Å². The van der Waals surface area contributed by atoms with Gasteiger partial charge in [0, 0.05) is 49.0 Å². The van der Waals surface area contributed by atoms with Crippen LogP contribution in [0.5, 0.6) is 0 Å². The van der Waals surface area contributed by atoms with Gasteiger partial charge in [-0.3, -0.25) is 9.48 Å². The van der Waals surface area contributed by atoms with Crippen LogP contribution in [0.25, 0.3) is 21.9 Å². The molecule has 6 nitrogen and oxygen atoms in total. The van der Waals surface area contributed by atoms with E-state index < -0.39 is 0 Å². The largest absolute Gasteiger partial charge is 0.309 e. The Balaban J connectivity index is 1.43. The first-order valence-corrected chi connectivity index (χ1v) is 9.18. The highest BCUT2D eigenvalue weighted by atomic mass is 16.1. The molecule has 0 fully saturated rings. The SMILES string of the molecule is Cn1cc(-c2ccc3cnc(NC(=O)c4ccc5c(c4)CNC5)cc3c2)cn1. The standard InChI is InChI=1S/C22H19N5O/c1-27-13-20(12-25-27)14-2-4-17-11-24-21(8-18(17)6-14)26-22(28)15-3-5-16-9-23-10-19(16)7-15/h2-8,11-13,23H,9-10H2,1H3,(H,24,26,28). The molecule has 0 unspecified atom stereocenters. The number of pyridine rings is 1. The van der Waals surface area contributed by atoms with E-state index in [-0.39, 0.29) is 5.91 Å². The van der Waals surface area contributed by atoms with Gasteiger partial charge in [-0.2, -0.15) is 5.10 Å². The molecule has 2 N–H and O–H groups in total. The normalized spacial score (nSPS) is 12.9. The minimum Gasteiger partial charge on any atom is -0.309 e. The third-order valence-corrected chi connectivity index (χ3v) is 5.10. The van der Waals surface area contributed by atoms with E-state index >= 15 is 0 Å². The lowest BCUT2D eigenvalue weighted by Crippen LogP contribution is -2.13. The van der Waals surface area contributed by atoms with Gasteiger partial charge in [-0.25, -0.2) is 4.98 Å². The molecule has 138 valence electrons. The summed E-state index contributed by atoms with van der Waals surface area (Å²) >= 11 is 0. The number of carbonyl (C=O) groups excluding carboxylic acids is 1. The van der Waals surface area contributed by atoms with Crippen LogP contribution in [0.1, 0.15) is 21.5 Å². The number of rotatable bonds is 3. The van der Waals surface area contributed by atoms with Gasteiger partial charge in [0.2, 0.25) is 0 Å². The summed E-state index contributed by atoms with van der Waals surface area (Å²) in [5.74, 6) is 0.393. The van der Waals surface area contributed by atoms with E-state index in [9.17, 15) is 4.79 Å². The monoisotopic (exact) mass is 369 g/mol. The quantitative estimate of drug-likeness (QED) is 0.580. The smallest absolute Gasteiger partial charge is 0.256 e. The highest BCUT2D eigenvalue weighted by molar-refractivity contribution is 6.04. The minimum atomic E-state index is -0.148. The summed E-state index contributed by atoms with van der Waals surface area (Å²) in [6.45, 7) is 1.67. The Bertz CT molecular complexity index is 1210. The number of amides is 1. The van der Waals surface area contributed by atoms with Gasteiger partial charge in [0.1, 0.15) is 5.82 Å². The van der Waals surface area contributed by atoms with Crippen molar-refractivity contribution in [3.8, 4) is 11.1 Å². The number of aromatic nitrogens is 3. The van der Waals surface area contributed by atoms with Crippen molar-refractivity contribution in [2.75, 3.05) is 5.32 Å². The van der Waals surface area contributed by atoms with Crippen LogP contribution in [0.2, 0.25) is 0 Å². The lowest BCUT2D eigenvalue weighted by Gasteiger charge is -2.08. The first-order valence-electron chi connectivity index (χ1n) is 9.18. The van der Waals surface area contributed by atoms with Gasteiger partial charge >= 0.3 is 0 Å². The molecule has 0 radical (unpaired) electrons. The highest BCUT2D eigenvalue weighted by Crippen LogP contribution is 2.25. The van der Waals surface area contributed by atoms with Crippen LogP contribution < -0.4 is 10.6 Å². The van der Waals surface area contributed by atoms with Crippen molar-refractivity contribution in [3.05, 3.63) is 77.7 Å². The molecular formula is C22H19N5O. The molecule has 0 saturated heterocycles. The summed E-state index contributed by atoms with van der Waals surface area (Å²) < 4.78 is 1.78. The lowest BCUT2D eigenvalue weighted by molar-refractivity contribution is 0.102. The second-order valence-electron chi connectivity index (χ2n) is 7.08. The number of nitrogens with zero attached hydrogens (tertiary/aromatic N) is 3. The van der Waals surface area contributed by atoms with Crippen molar-refractivity contribution in [1.29, 1.82) is 0 Å². The number of hydrogen-bond donors (Lipinski definition) is 2. The van der Waals surface area contributed by atoms with Crippen LogP contribution in [0.15, 0.2) is 61.1 Å². The van der Waals surface area contributed by atoms with Crippen molar-refractivity contribution in [3.63, 3.8) is 0 Å². The number of hydrogen-bond acceptors (Lipinski definition) is 4. The average molecular weight is 369 g/mol. The molecule has 4 aromatic rings. The number of benzene rings is 2. The van der Waals surface area contributed by atoms with Crippen molar-refractivity contribution in [2.24, 2.45) is 7.05 Å². The van der Waals surface area contributed by atoms with Gasteiger partial charge < -0.3 is 10.6 Å². The van der Waals surface area contributed by atoms with Gasteiger partial charge in [-0.1, -0.05) is 18.2 Å². The number of nitrogens with one attached hydrogen (secondary N) is 2. The molecule has 0 spiro atoms. The van der Waals surface area contributed by atoms with E-state index in [1.165, 1.54) is 11.1 Å². The summed E-state index contributed by atoms with van der Waals surface area (Å²) in [4.78, 5) is 17.0. The van der Waals surface area contributed by atoms with Crippen LogP contribution in [0, 0.1) is 0 Å². The maximum absolute atomic E-state index is 12.7. The summed E-state index contributed by atoms with van der Waals surface area (Å²) in [6.07, 6.45) is 5.60. The predicted octanol–water partition coefficient (Wildman–Crippen LogP) is 3.49. The Morgan fingerprint density at radius 1 is 1.00 bits per heavy atom. The topological polar surface area (TPSA) is 71.8 Å². The maximum atomic E-state index is 12.7. The molecule has 2 aromatic carbocycles. The Morgan fingerprint density at radius 2 is 1.89 bits per heavy atom. The molecule has 6 heteroatoms. The Hall–Kier alpha value is -3.51. The van der Waals surface area contributed by atoms with E-state index in [0.29, 0.717) is 11.4 Å². The third kappa shape index (κ3) is 3.04. The summed E-state index contributed by atoms with van der Waals surface area (Å²) in [5.41, 5.74) is 5.21. The first kappa shape index (κ1) is 16.6. The van der Waals surface area contributed by atoms with Crippen LogP contribution in [-0.4, -0.2) is 20.7 Å². The molecule has 2 aromatic heterocycles. The highest BCUT2D eigenvalue weighted by Gasteiger charge is 2.14. The molecule has 5 rings (SSSR count). The lowest BCUT2D eigenvalue weighted by atomic mass is 10.0. The summed E-state index contributed by atoms with van der Waals surface area (Å²) in [6, 6.07) is 13.9. The van der Waals surface area contributed by atoms with Gasteiger partial charge in [-0.15, -0.1) is 0 Å². The number of anilines is 1. The molecule has 0 saturated carbocycles. The molecule has 0 atom stereocenters. The average Bonchev–Trinajstić information content (AvgIpc) is 3.35. The second kappa shape index (κ2) is 6.58. The fraction of sp³-hybridized carbons (Fsp3) is 0.136. The zero-order valence-corrected chi connectivity index (χ0v) is 15.4. The molecule has 3 heterocycles. The Kier molecular flexibility index (Phi) is 3.91. The zero-order valence-electron chi connectivity index (χ0n) is 15.4. The molecule has 28 heavy (non-hydrogen) atoms. The van der Waals surface area contributed by atoms with Crippen molar-refractivity contribution >= 4 is 22.5 Å². The van der Waals surface area contributed by atoms with Gasteiger partial charge in [0.15, 0.2) is 0 Å². The van der Waals surface area contributed by atoms with Gasteiger partial charge in [0.25, 0.3) is 5.91 Å². The predicted molar refractivity (Wildman–Crippen MR) is 109 cm³/mol. The Labute approximate surface area is 162 Å². The molecule has 1 aliphatic rings. The minimum absolute atomic E-state index is 0.148. The summed E-state index contributed by atoms with van der Waals surface area (Å²) in [5, 5.41) is 12.5. The second-order valence-corrected chi connectivity index (χ2v) is 7.08. The fourth-order valence-corrected chi connectivity index (χ4v) is 3.58. The number of fused-ring (bicyclic) bond motifs is 2. The van der Waals surface area contributed by atoms with E-state index in [0.717, 1.165) is 35.0 Å². The van der Waals surface area contributed by atoms with Crippen LogP contribution in [0.4, 0.5) is 5.82 Å². The zero-order chi connectivity index (χ0) is 19.1. The van der Waals surface area contributed by atoms with E-state index in [1.807, 2.05) is 49.8 Å². The van der Waals surface area contributed by atoms with E-state index in [4.69, 9.17) is 0 Å². The van der Waals surface area contributed by atoms with Gasteiger partial charge in [-0.05, 0) is 46.3 Å².